The maximum atomic E-state index is 5.41. The number of rotatable bonds is 3. The monoisotopic (exact) mass is 203 g/mol. The van der Waals surface area contributed by atoms with Gasteiger partial charge in [0.05, 0.1) is 12.2 Å². The SMILES string of the molecule is CCc1ccc(Cn2cnc(N)n2)nc1. The minimum absolute atomic E-state index is 0.292. The number of anilines is 1. The Hall–Kier alpha value is -1.91. The highest BCUT2D eigenvalue weighted by molar-refractivity contribution is 5.15. The van der Waals surface area contributed by atoms with Crippen LogP contribution in [-0.4, -0.2) is 19.7 Å². The largest absolute Gasteiger partial charge is 0.367 e. The molecule has 0 saturated heterocycles. The van der Waals surface area contributed by atoms with Gasteiger partial charge in [0.15, 0.2) is 0 Å². The summed E-state index contributed by atoms with van der Waals surface area (Å²) in [6.45, 7) is 2.71. The van der Waals surface area contributed by atoms with E-state index in [1.165, 1.54) is 5.56 Å². The molecule has 0 aliphatic carbocycles. The molecule has 2 rings (SSSR count). The molecule has 0 amide bonds. The maximum absolute atomic E-state index is 5.41. The lowest BCUT2D eigenvalue weighted by Gasteiger charge is -2.01. The summed E-state index contributed by atoms with van der Waals surface area (Å²) in [5.41, 5.74) is 7.60. The predicted molar refractivity (Wildman–Crippen MR) is 57.2 cm³/mol. The Kier molecular flexibility index (Phi) is 2.62. The summed E-state index contributed by atoms with van der Waals surface area (Å²) < 4.78 is 1.67. The van der Waals surface area contributed by atoms with Crippen LogP contribution in [0, 0.1) is 0 Å². The smallest absolute Gasteiger partial charge is 0.239 e. The molecule has 0 atom stereocenters. The molecular weight excluding hydrogens is 190 g/mol. The fourth-order valence-corrected chi connectivity index (χ4v) is 1.31. The van der Waals surface area contributed by atoms with Gasteiger partial charge in [-0.15, -0.1) is 5.10 Å². The quantitative estimate of drug-likeness (QED) is 0.803. The third-order valence-corrected chi connectivity index (χ3v) is 2.17. The van der Waals surface area contributed by atoms with Crippen molar-refractivity contribution in [3.8, 4) is 0 Å². The Balaban J connectivity index is 2.11. The zero-order chi connectivity index (χ0) is 10.7. The summed E-state index contributed by atoms with van der Waals surface area (Å²) >= 11 is 0. The summed E-state index contributed by atoms with van der Waals surface area (Å²) in [5.74, 6) is 0.292. The van der Waals surface area contributed by atoms with E-state index in [4.69, 9.17) is 5.73 Å². The van der Waals surface area contributed by atoms with E-state index in [-0.39, 0.29) is 0 Å². The van der Waals surface area contributed by atoms with Gasteiger partial charge in [-0.1, -0.05) is 13.0 Å². The van der Waals surface area contributed by atoms with Gasteiger partial charge in [-0.05, 0) is 18.1 Å². The molecule has 0 aromatic carbocycles. The molecule has 0 fully saturated rings. The number of hydrogen-bond donors (Lipinski definition) is 1. The van der Waals surface area contributed by atoms with Crippen molar-refractivity contribution in [1.29, 1.82) is 0 Å². The third kappa shape index (κ3) is 2.31. The topological polar surface area (TPSA) is 69.6 Å². The van der Waals surface area contributed by atoms with Crippen molar-refractivity contribution in [1.82, 2.24) is 19.7 Å². The van der Waals surface area contributed by atoms with Crippen molar-refractivity contribution in [2.45, 2.75) is 19.9 Å². The number of nitrogens with two attached hydrogens (primary N) is 1. The van der Waals surface area contributed by atoms with Crippen LogP contribution >= 0.6 is 0 Å². The summed E-state index contributed by atoms with van der Waals surface area (Å²) in [7, 11) is 0. The second kappa shape index (κ2) is 4.08. The first-order valence-corrected chi connectivity index (χ1v) is 4.86. The molecule has 0 saturated carbocycles. The molecule has 5 heteroatoms. The lowest BCUT2D eigenvalue weighted by atomic mass is 10.2. The molecule has 0 aliphatic heterocycles. The van der Waals surface area contributed by atoms with Crippen LogP contribution in [0.25, 0.3) is 0 Å². The van der Waals surface area contributed by atoms with Crippen LogP contribution in [0.15, 0.2) is 24.7 Å². The first-order valence-electron chi connectivity index (χ1n) is 4.86. The summed E-state index contributed by atoms with van der Waals surface area (Å²) in [5, 5.41) is 3.99. The van der Waals surface area contributed by atoms with Gasteiger partial charge in [-0.25, -0.2) is 9.67 Å². The van der Waals surface area contributed by atoms with Crippen molar-refractivity contribution >= 4 is 5.95 Å². The molecule has 2 aromatic heterocycles. The number of nitrogens with zero attached hydrogens (tertiary/aromatic N) is 4. The molecule has 78 valence electrons. The minimum Gasteiger partial charge on any atom is -0.367 e. The maximum Gasteiger partial charge on any atom is 0.239 e. The first-order chi connectivity index (χ1) is 7.28. The highest BCUT2D eigenvalue weighted by Crippen LogP contribution is 2.02. The third-order valence-electron chi connectivity index (χ3n) is 2.17. The van der Waals surface area contributed by atoms with E-state index in [1.54, 1.807) is 11.0 Å². The average Bonchev–Trinajstić information content (AvgIpc) is 2.65. The van der Waals surface area contributed by atoms with E-state index in [2.05, 4.69) is 28.1 Å². The molecule has 0 radical (unpaired) electrons. The Bertz CT molecular complexity index is 431. The van der Waals surface area contributed by atoms with Gasteiger partial charge < -0.3 is 5.73 Å². The Morgan fingerprint density at radius 3 is 2.73 bits per heavy atom. The number of aryl methyl sites for hydroxylation is 1. The van der Waals surface area contributed by atoms with E-state index < -0.39 is 0 Å². The van der Waals surface area contributed by atoms with E-state index >= 15 is 0 Å². The Morgan fingerprint density at radius 1 is 1.33 bits per heavy atom. The van der Waals surface area contributed by atoms with Crippen LogP contribution in [0.4, 0.5) is 5.95 Å². The second-order valence-electron chi connectivity index (χ2n) is 3.31. The highest BCUT2D eigenvalue weighted by atomic mass is 15.4. The summed E-state index contributed by atoms with van der Waals surface area (Å²) in [6.07, 6.45) is 4.49. The van der Waals surface area contributed by atoms with Gasteiger partial charge in [0.25, 0.3) is 0 Å². The fourth-order valence-electron chi connectivity index (χ4n) is 1.31. The number of aromatic nitrogens is 4. The molecule has 2 aromatic rings. The van der Waals surface area contributed by atoms with E-state index in [9.17, 15) is 0 Å². The van der Waals surface area contributed by atoms with Crippen LogP contribution in [0.1, 0.15) is 18.2 Å². The molecule has 5 nitrogen and oxygen atoms in total. The molecule has 0 unspecified atom stereocenters. The zero-order valence-corrected chi connectivity index (χ0v) is 8.59. The number of hydrogen-bond acceptors (Lipinski definition) is 4. The molecule has 0 aliphatic rings. The highest BCUT2D eigenvalue weighted by Gasteiger charge is 1.99. The van der Waals surface area contributed by atoms with Gasteiger partial charge in [0.2, 0.25) is 5.95 Å². The molecule has 2 heterocycles. The first kappa shape index (κ1) is 9.64. The van der Waals surface area contributed by atoms with Gasteiger partial charge in [0, 0.05) is 6.20 Å². The molecule has 0 spiro atoms. The Morgan fingerprint density at radius 2 is 2.20 bits per heavy atom. The second-order valence-corrected chi connectivity index (χ2v) is 3.31. The van der Waals surface area contributed by atoms with Gasteiger partial charge in [-0.2, -0.15) is 0 Å². The normalized spacial score (nSPS) is 10.5. The predicted octanol–water partition coefficient (Wildman–Crippen LogP) is 0.866. The molecule has 15 heavy (non-hydrogen) atoms. The van der Waals surface area contributed by atoms with Crippen LogP contribution in [0.5, 0.6) is 0 Å². The van der Waals surface area contributed by atoms with Crippen molar-refractivity contribution in [3.63, 3.8) is 0 Å². The van der Waals surface area contributed by atoms with E-state index in [1.807, 2.05) is 12.3 Å². The van der Waals surface area contributed by atoms with Gasteiger partial charge in [-0.3, -0.25) is 4.98 Å². The lowest BCUT2D eigenvalue weighted by molar-refractivity contribution is 0.672. The van der Waals surface area contributed by atoms with E-state index in [0.717, 1.165) is 12.1 Å². The van der Waals surface area contributed by atoms with Crippen molar-refractivity contribution in [2.75, 3.05) is 5.73 Å². The van der Waals surface area contributed by atoms with Crippen LogP contribution in [0.2, 0.25) is 0 Å². The van der Waals surface area contributed by atoms with Crippen molar-refractivity contribution in [3.05, 3.63) is 35.9 Å². The van der Waals surface area contributed by atoms with E-state index in [0.29, 0.717) is 12.5 Å². The molecule has 0 bridgehead atoms. The number of pyridine rings is 1. The van der Waals surface area contributed by atoms with Gasteiger partial charge in [0.1, 0.15) is 6.33 Å². The fraction of sp³-hybridized carbons (Fsp3) is 0.300. The summed E-state index contributed by atoms with van der Waals surface area (Å²) in [6, 6.07) is 4.07. The van der Waals surface area contributed by atoms with Crippen LogP contribution < -0.4 is 5.73 Å². The standard InChI is InChI=1S/C10H13N5/c1-2-8-3-4-9(12-5-8)6-15-7-13-10(11)14-15/h3-5,7H,2,6H2,1H3,(H2,11,14). The van der Waals surface area contributed by atoms with Gasteiger partial charge >= 0.3 is 0 Å². The molecular formula is C10H13N5. The Labute approximate surface area is 88.0 Å². The molecule has 2 N–H and O–H groups in total. The summed E-state index contributed by atoms with van der Waals surface area (Å²) in [4.78, 5) is 8.17. The zero-order valence-electron chi connectivity index (χ0n) is 8.59. The van der Waals surface area contributed by atoms with Crippen LogP contribution in [-0.2, 0) is 13.0 Å². The minimum atomic E-state index is 0.292. The lowest BCUT2D eigenvalue weighted by Crippen LogP contribution is -2.03. The van der Waals surface area contributed by atoms with Crippen molar-refractivity contribution in [2.24, 2.45) is 0 Å². The van der Waals surface area contributed by atoms with Crippen molar-refractivity contribution < 1.29 is 0 Å². The van der Waals surface area contributed by atoms with Crippen LogP contribution in [0.3, 0.4) is 0 Å². The number of nitrogen functional groups attached to an aromatic ring is 1. The average molecular weight is 203 g/mol.